The molecule has 0 spiro atoms. The van der Waals surface area contributed by atoms with E-state index in [4.69, 9.17) is 0 Å². The van der Waals surface area contributed by atoms with Crippen LogP contribution in [0.15, 0.2) is 55.1 Å². The average Bonchev–Trinajstić information content (AvgIpc) is 3.37. The highest BCUT2D eigenvalue weighted by Gasteiger charge is 2.12. The van der Waals surface area contributed by atoms with E-state index in [2.05, 4.69) is 36.4 Å². The van der Waals surface area contributed by atoms with Gasteiger partial charge in [0.1, 0.15) is 18.5 Å². The summed E-state index contributed by atoms with van der Waals surface area (Å²) in [7, 11) is 0. The van der Waals surface area contributed by atoms with Crippen molar-refractivity contribution in [1.29, 1.82) is 0 Å². The van der Waals surface area contributed by atoms with Crippen LogP contribution in [0.3, 0.4) is 0 Å². The first-order chi connectivity index (χ1) is 12.7. The fourth-order valence-corrected chi connectivity index (χ4v) is 2.29. The van der Waals surface area contributed by atoms with Crippen molar-refractivity contribution in [1.82, 2.24) is 40.4 Å². The number of carbonyl (C=O) groups is 1. The van der Waals surface area contributed by atoms with Crippen molar-refractivity contribution in [2.24, 2.45) is 0 Å². The van der Waals surface area contributed by atoms with E-state index in [9.17, 15) is 9.18 Å². The molecule has 0 saturated carbocycles. The van der Waals surface area contributed by atoms with Crippen LogP contribution in [-0.4, -0.2) is 46.3 Å². The van der Waals surface area contributed by atoms with E-state index in [1.165, 1.54) is 40.2 Å². The Hall–Kier alpha value is -4.02. The summed E-state index contributed by atoms with van der Waals surface area (Å²) in [6, 6.07) is 10.8. The largest absolute Gasteiger partial charge is 0.319 e. The van der Waals surface area contributed by atoms with Gasteiger partial charge in [-0.1, -0.05) is 6.07 Å². The number of rotatable bonds is 4. The van der Waals surface area contributed by atoms with Crippen LogP contribution < -0.4 is 5.32 Å². The monoisotopic (exact) mass is 351 g/mol. The average molecular weight is 351 g/mol. The van der Waals surface area contributed by atoms with E-state index in [1.807, 2.05) is 0 Å². The number of carbonyl (C=O) groups excluding carboxylic acids is 1. The second-order valence-electron chi connectivity index (χ2n) is 5.18. The number of hydrogen-bond donors (Lipinski definition) is 1. The summed E-state index contributed by atoms with van der Waals surface area (Å²) in [5.74, 6) is -1.06. The lowest BCUT2D eigenvalue weighted by Gasteiger charge is -2.09. The third kappa shape index (κ3) is 3.00. The van der Waals surface area contributed by atoms with Crippen LogP contribution in [0.1, 0.15) is 10.4 Å². The summed E-state index contributed by atoms with van der Waals surface area (Å²) in [5.41, 5.74) is 1.45. The normalized spacial score (nSPS) is 10.7. The molecule has 26 heavy (non-hydrogen) atoms. The molecule has 2 aromatic heterocycles. The van der Waals surface area contributed by atoms with Gasteiger partial charge in [-0.15, -0.1) is 10.2 Å². The molecule has 0 atom stereocenters. The molecule has 2 heterocycles. The number of nitrogens with zero attached hydrogens (tertiary/aromatic N) is 8. The first-order valence-corrected chi connectivity index (χ1v) is 7.38. The maximum atomic E-state index is 14.1. The zero-order valence-electron chi connectivity index (χ0n) is 13.1. The highest BCUT2D eigenvalue weighted by atomic mass is 19.1. The van der Waals surface area contributed by atoms with E-state index < -0.39 is 11.7 Å². The zero-order chi connectivity index (χ0) is 17.9. The Morgan fingerprint density at radius 3 is 2.27 bits per heavy atom. The smallest absolute Gasteiger partial charge is 0.255 e. The number of nitrogens with one attached hydrogen (secondary N) is 1. The molecular weight excluding hydrogens is 341 g/mol. The molecule has 0 aliphatic rings. The maximum Gasteiger partial charge on any atom is 0.255 e. The molecule has 128 valence electrons. The Morgan fingerprint density at radius 1 is 0.923 bits per heavy atom. The topological polar surface area (TPSA) is 116 Å². The van der Waals surface area contributed by atoms with Crippen molar-refractivity contribution < 1.29 is 9.18 Å². The molecule has 0 saturated heterocycles. The number of hydrogen-bond acceptors (Lipinski definition) is 7. The van der Waals surface area contributed by atoms with Gasteiger partial charge in [-0.05, 0) is 57.3 Å². The number of aromatic nitrogens is 8. The summed E-state index contributed by atoms with van der Waals surface area (Å²) in [5, 5.41) is 24.2. The highest BCUT2D eigenvalue weighted by molar-refractivity contribution is 6.04. The number of halogens is 1. The van der Waals surface area contributed by atoms with Crippen LogP contribution in [0.2, 0.25) is 0 Å². The Morgan fingerprint density at radius 2 is 1.62 bits per heavy atom. The maximum absolute atomic E-state index is 14.1. The second-order valence-corrected chi connectivity index (χ2v) is 5.18. The Balaban J connectivity index is 1.61. The minimum absolute atomic E-state index is 0.0100. The summed E-state index contributed by atoms with van der Waals surface area (Å²) in [6.07, 6.45) is 2.78. The van der Waals surface area contributed by atoms with Crippen molar-refractivity contribution in [3.8, 4) is 11.4 Å². The van der Waals surface area contributed by atoms with Gasteiger partial charge < -0.3 is 5.32 Å². The van der Waals surface area contributed by atoms with E-state index in [1.54, 1.807) is 24.3 Å². The van der Waals surface area contributed by atoms with Crippen molar-refractivity contribution in [2.45, 2.75) is 0 Å². The second kappa shape index (κ2) is 6.47. The van der Waals surface area contributed by atoms with E-state index in [0.717, 1.165) is 0 Å². The standard InChI is InChI=1S/C15H10FN9O/c16-13-5-4-12(25-9-18-21-23-25)7-14(13)19-15(26)10-2-1-3-11(6-10)24-8-17-20-22-24/h1-9H,(H,19,26). The van der Waals surface area contributed by atoms with Crippen LogP contribution in [0.5, 0.6) is 0 Å². The minimum Gasteiger partial charge on any atom is -0.319 e. The van der Waals surface area contributed by atoms with Gasteiger partial charge in [0.15, 0.2) is 0 Å². The molecule has 1 amide bonds. The number of tetrazole rings is 2. The zero-order valence-corrected chi connectivity index (χ0v) is 13.1. The lowest BCUT2D eigenvalue weighted by molar-refractivity contribution is 0.102. The van der Waals surface area contributed by atoms with Gasteiger partial charge in [-0.2, -0.15) is 0 Å². The summed E-state index contributed by atoms with van der Waals surface area (Å²) in [4.78, 5) is 12.5. The SMILES string of the molecule is O=C(Nc1cc(-n2cnnn2)ccc1F)c1cccc(-n2cnnn2)c1. The van der Waals surface area contributed by atoms with Gasteiger partial charge in [0.2, 0.25) is 0 Å². The number of anilines is 1. The third-order valence-corrected chi connectivity index (χ3v) is 3.53. The highest BCUT2D eigenvalue weighted by Crippen LogP contribution is 2.19. The van der Waals surface area contributed by atoms with Gasteiger partial charge >= 0.3 is 0 Å². The molecule has 2 aromatic carbocycles. The fourth-order valence-electron chi connectivity index (χ4n) is 2.29. The van der Waals surface area contributed by atoms with Gasteiger partial charge in [0.05, 0.1) is 17.1 Å². The molecule has 0 radical (unpaired) electrons. The van der Waals surface area contributed by atoms with E-state index in [-0.39, 0.29) is 5.69 Å². The van der Waals surface area contributed by atoms with Gasteiger partial charge in [0.25, 0.3) is 5.91 Å². The van der Waals surface area contributed by atoms with Gasteiger partial charge in [0, 0.05) is 5.56 Å². The minimum atomic E-state index is -0.577. The van der Waals surface area contributed by atoms with Crippen LogP contribution >= 0.6 is 0 Å². The lowest BCUT2D eigenvalue weighted by atomic mass is 10.1. The van der Waals surface area contributed by atoms with E-state index >= 15 is 0 Å². The predicted octanol–water partition coefficient (Wildman–Crippen LogP) is 1.03. The molecular formula is C15H10FN9O. The molecule has 0 fully saturated rings. The molecule has 10 nitrogen and oxygen atoms in total. The third-order valence-electron chi connectivity index (χ3n) is 3.53. The summed E-state index contributed by atoms with van der Waals surface area (Å²) < 4.78 is 16.9. The van der Waals surface area contributed by atoms with Crippen LogP contribution in [0.25, 0.3) is 11.4 Å². The van der Waals surface area contributed by atoms with Crippen LogP contribution in [0, 0.1) is 5.82 Å². The van der Waals surface area contributed by atoms with Crippen molar-refractivity contribution in [3.05, 3.63) is 66.5 Å². The Labute approximate surface area is 145 Å². The first-order valence-electron chi connectivity index (χ1n) is 7.38. The van der Waals surface area contributed by atoms with Crippen molar-refractivity contribution in [2.75, 3.05) is 5.32 Å². The molecule has 0 bridgehead atoms. The number of amides is 1. The molecule has 4 rings (SSSR count). The van der Waals surface area contributed by atoms with Gasteiger partial charge in [-0.25, -0.2) is 13.8 Å². The van der Waals surface area contributed by atoms with Crippen LogP contribution in [0.4, 0.5) is 10.1 Å². The molecule has 1 N–H and O–H groups in total. The Kier molecular flexibility index (Phi) is 3.86. The van der Waals surface area contributed by atoms with Gasteiger partial charge in [-0.3, -0.25) is 4.79 Å². The molecule has 0 aliphatic carbocycles. The molecule has 0 aliphatic heterocycles. The number of benzene rings is 2. The lowest BCUT2D eigenvalue weighted by Crippen LogP contribution is -2.14. The Bertz CT molecular complexity index is 1050. The predicted molar refractivity (Wildman–Crippen MR) is 86.2 cm³/mol. The van der Waals surface area contributed by atoms with Crippen LogP contribution in [-0.2, 0) is 0 Å². The summed E-state index contributed by atoms with van der Waals surface area (Å²) in [6.45, 7) is 0. The quantitative estimate of drug-likeness (QED) is 0.583. The summed E-state index contributed by atoms with van der Waals surface area (Å²) >= 11 is 0. The van der Waals surface area contributed by atoms with Crippen molar-refractivity contribution in [3.63, 3.8) is 0 Å². The first kappa shape index (κ1) is 15.5. The molecule has 11 heteroatoms. The fraction of sp³-hybridized carbons (Fsp3) is 0. The van der Waals surface area contributed by atoms with E-state index in [0.29, 0.717) is 16.9 Å². The molecule has 0 unspecified atom stereocenters. The molecule has 4 aromatic rings. The van der Waals surface area contributed by atoms with Crippen molar-refractivity contribution >= 4 is 11.6 Å².